The molecule has 0 saturated heterocycles. The molecule has 0 aliphatic heterocycles. The number of rotatable bonds is 4. The molecular weight excluding hydrogens is 340 g/mol. The third kappa shape index (κ3) is 3.08. The van der Waals surface area contributed by atoms with Crippen LogP contribution in [0.5, 0.6) is 5.75 Å². The van der Waals surface area contributed by atoms with Gasteiger partial charge in [0.1, 0.15) is 11.9 Å². The number of hydrogen-bond donors (Lipinski definition) is 2. The number of esters is 1. The largest absolute Gasteiger partial charge is 0.508 e. The second kappa shape index (κ2) is 6.97. The van der Waals surface area contributed by atoms with Crippen LogP contribution in [0.25, 0.3) is 5.57 Å². The summed E-state index contributed by atoms with van der Waals surface area (Å²) in [5.74, 6) is 0.837. The first kappa shape index (κ1) is 18.5. The fourth-order valence-electron chi connectivity index (χ4n) is 5.66. The number of aliphatic hydroxyl groups excluding tert-OH is 1. The first-order valence-corrected chi connectivity index (χ1v) is 10.3. The lowest BCUT2D eigenvalue weighted by molar-refractivity contribution is -0.155. The topological polar surface area (TPSA) is 66.8 Å². The van der Waals surface area contributed by atoms with E-state index in [1.54, 1.807) is 12.1 Å². The second-order valence-corrected chi connectivity index (χ2v) is 8.76. The van der Waals surface area contributed by atoms with Gasteiger partial charge in [0.25, 0.3) is 0 Å². The van der Waals surface area contributed by atoms with E-state index in [-0.39, 0.29) is 29.2 Å². The summed E-state index contributed by atoms with van der Waals surface area (Å²) in [6.45, 7) is 4.34. The van der Waals surface area contributed by atoms with Crippen molar-refractivity contribution < 1.29 is 19.7 Å². The van der Waals surface area contributed by atoms with Crippen molar-refractivity contribution in [1.29, 1.82) is 0 Å². The molecule has 1 saturated carbocycles. The second-order valence-electron chi connectivity index (χ2n) is 8.76. The average molecular weight is 370 g/mol. The summed E-state index contributed by atoms with van der Waals surface area (Å²) in [5.41, 5.74) is 3.16. The van der Waals surface area contributed by atoms with Crippen molar-refractivity contribution in [1.82, 2.24) is 0 Å². The summed E-state index contributed by atoms with van der Waals surface area (Å²) in [7, 11) is 0. The lowest BCUT2D eigenvalue weighted by Gasteiger charge is -2.47. The number of aliphatic hydroxyl groups is 1. The zero-order valence-electron chi connectivity index (χ0n) is 16.3. The Morgan fingerprint density at radius 2 is 2.15 bits per heavy atom. The smallest absolute Gasteiger partial charge is 0.306 e. The van der Waals surface area contributed by atoms with Crippen LogP contribution < -0.4 is 0 Å². The Bertz CT molecular complexity index is 768. The van der Waals surface area contributed by atoms with Crippen LogP contribution in [-0.4, -0.2) is 22.3 Å². The molecule has 27 heavy (non-hydrogen) atoms. The van der Waals surface area contributed by atoms with Gasteiger partial charge in [0.15, 0.2) is 0 Å². The van der Waals surface area contributed by atoms with E-state index in [9.17, 15) is 15.0 Å². The normalized spacial score (nSPS) is 34.3. The molecule has 4 heteroatoms. The summed E-state index contributed by atoms with van der Waals surface area (Å²) in [5, 5.41) is 20.5. The molecule has 3 aliphatic carbocycles. The number of phenols is 1. The van der Waals surface area contributed by atoms with Gasteiger partial charge in [-0.1, -0.05) is 32.4 Å². The van der Waals surface area contributed by atoms with Crippen LogP contribution in [0.2, 0.25) is 0 Å². The summed E-state index contributed by atoms with van der Waals surface area (Å²) in [6.07, 6.45) is 7.62. The van der Waals surface area contributed by atoms with Gasteiger partial charge >= 0.3 is 5.97 Å². The number of carbonyl (C=O) groups excluding carboxylic acids is 1. The minimum absolute atomic E-state index is 0.0250. The van der Waals surface area contributed by atoms with Gasteiger partial charge in [0, 0.05) is 11.8 Å². The minimum Gasteiger partial charge on any atom is -0.508 e. The molecule has 5 atom stereocenters. The highest BCUT2D eigenvalue weighted by molar-refractivity contribution is 5.74. The molecule has 1 fully saturated rings. The van der Waals surface area contributed by atoms with E-state index in [2.05, 4.69) is 19.9 Å². The van der Waals surface area contributed by atoms with Gasteiger partial charge in [-0.2, -0.15) is 0 Å². The van der Waals surface area contributed by atoms with E-state index in [1.807, 2.05) is 6.07 Å². The number of benzene rings is 1. The fraction of sp³-hybridized carbons (Fsp3) is 0.609. The molecule has 3 aliphatic rings. The average Bonchev–Trinajstić information content (AvgIpc) is 2.97. The lowest BCUT2D eigenvalue weighted by atomic mass is 9.59. The Hall–Kier alpha value is -1.81. The number of hydrogen-bond acceptors (Lipinski definition) is 4. The van der Waals surface area contributed by atoms with E-state index in [0.29, 0.717) is 18.8 Å². The van der Waals surface area contributed by atoms with Crippen LogP contribution in [0.15, 0.2) is 24.3 Å². The van der Waals surface area contributed by atoms with Crippen LogP contribution >= 0.6 is 0 Å². The number of unbranched alkanes of at least 4 members (excludes halogenated alkanes) is 1. The van der Waals surface area contributed by atoms with Gasteiger partial charge in [-0.25, -0.2) is 0 Å². The maximum absolute atomic E-state index is 12.2. The highest BCUT2D eigenvalue weighted by Gasteiger charge is 2.54. The quantitative estimate of drug-likeness (QED) is 0.751. The minimum atomic E-state index is -0.553. The van der Waals surface area contributed by atoms with Gasteiger partial charge in [0.2, 0.25) is 0 Å². The third-order valence-electron chi connectivity index (χ3n) is 7.16. The number of phenolic OH excluding ortho intramolecular Hbond substituents is 1. The molecule has 0 amide bonds. The Morgan fingerprint density at radius 3 is 2.93 bits per heavy atom. The monoisotopic (exact) mass is 370 g/mol. The Kier molecular flexibility index (Phi) is 4.79. The number of allylic oxidation sites excluding steroid dienone is 2. The molecule has 2 N–H and O–H groups in total. The van der Waals surface area contributed by atoms with Gasteiger partial charge in [0.05, 0.1) is 6.10 Å². The molecule has 4 rings (SSSR count). The van der Waals surface area contributed by atoms with Crippen LogP contribution in [0.4, 0.5) is 0 Å². The zero-order valence-corrected chi connectivity index (χ0v) is 16.3. The Morgan fingerprint density at radius 1 is 1.33 bits per heavy atom. The number of carbonyl (C=O) groups is 1. The van der Waals surface area contributed by atoms with Crippen LogP contribution in [-0.2, 0) is 9.53 Å². The molecule has 0 radical (unpaired) electrons. The summed E-state index contributed by atoms with van der Waals surface area (Å²) in [6, 6.07) is 5.33. The zero-order chi connectivity index (χ0) is 19.2. The van der Waals surface area contributed by atoms with Gasteiger partial charge in [-0.05, 0) is 72.8 Å². The summed E-state index contributed by atoms with van der Waals surface area (Å²) < 4.78 is 5.91. The maximum atomic E-state index is 12.2. The van der Waals surface area contributed by atoms with Crippen molar-refractivity contribution in [2.45, 2.75) is 71.0 Å². The van der Waals surface area contributed by atoms with E-state index in [1.165, 1.54) is 5.57 Å². The van der Waals surface area contributed by atoms with E-state index >= 15 is 0 Å². The molecular formula is C23H30O4. The standard InChI is InChI=1S/C23H30O4/c1-3-4-5-22(26)27-21-9-8-19-17-13-20(25)18-12-14(24)6-7-15(18)16(17)10-11-23(19,21)2/h6-7,10,12,17,19-21,24-25H,3-5,8-9,11,13H2,1-2H3/t17-,19+,20?,21+,23+/m1/s1. The molecule has 146 valence electrons. The molecule has 0 bridgehead atoms. The number of fused-ring (bicyclic) bond motifs is 5. The number of ether oxygens (including phenoxy) is 1. The predicted octanol–water partition coefficient (Wildman–Crippen LogP) is 4.75. The first-order chi connectivity index (χ1) is 12.9. The Labute approximate surface area is 161 Å². The molecule has 0 spiro atoms. The fourth-order valence-corrected chi connectivity index (χ4v) is 5.66. The van der Waals surface area contributed by atoms with Gasteiger partial charge < -0.3 is 14.9 Å². The summed E-state index contributed by atoms with van der Waals surface area (Å²) in [4.78, 5) is 12.2. The van der Waals surface area contributed by atoms with Gasteiger partial charge in [-0.15, -0.1) is 0 Å². The van der Waals surface area contributed by atoms with Crippen molar-refractivity contribution >= 4 is 11.5 Å². The first-order valence-electron chi connectivity index (χ1n) is 10.3. The molecule has 1 aromatic carbocycles. The predicted molar refractivity (Wildman–Crippen MR) is 104 cm³/mol. The van der Waals surface area contributed by atoms with E-state index < -0.39 is 6.10 Å². The molecule has 0 heterocycles. The molecule has 1 aromatic rings. The molecule has 4 nitrogen and oxygen atoms in total. The van der Waals surface area contributed by atoms with Crippen LogP contribution in [0, 0.1) is 17.3 Å². The van der Waals surface area contributed by atoms with Crippen LogP contribution in [0.1, 0.15) is 76.0 Å². The summed E-state index contributed by atoms with van der Waals surface area (Å²) >= 11 is 0. The van der Waals surface area contributed by atoms with Crippen molar-refractivity contribution in [3.63, 3.8) is 0 Å². The van der Waals surface area contributed by atoms with Crippen molar-refractivity contribution in [3.8, 4) is 5.75 Å². The van der Waals surface area contributed by atoms with Crippen LogP contribution in [0.3, 0.4) is 0 Å². The third-order valence-corrected chi connectivity index (χ3v) is 7.16. The van der Waals surface area contributed by atoms with Crippen molar-refractivity contribution in [3.05, 3.63) is 35.4 Å². The molecule has 1 unspecified atom stereocenters. The van der Waals surface area contributed by atoms with E-state index in [0.717, 1.165) is 43.2 Å². The van der Waals surface area contributed by atoms with E-state index in [4.69, 9.17) is 4.74 Å². The highest BCUT2D eigenvalue weighted by Crippen LogP contribution is 2.60. The Balaban J connectivity index is 1.60. The highest BCUT2D eigenvalue weighted by atomic mass is 16.5. The maximum Gasteiger partial charge on any atom is 0.306 e. The van der Waals surface area contributed by atoms with Gasteiger partial charge in [-0.3, -0.25) is 4.79 Å². The van der Waals surface area contributed by atoms with Crippen molar-refractivity contribution in [2.75, 3.05) is 0 Å². The van der Waals surface area contributed by atoms with Crippen molar-refractivity contribution in [2.24, 2.45) is 17.3 Å². The molecule has 0 aromatic heterocycles. The SMILES string of the molecule is CCCCC(=O)O[C@H]1CC[C@H]2[C@@H]3CC(O)c4cc(O)ccc4C3=CC[C@]12C. The number of aromatic hydroxyl groups is 1. The lowest BCUT2D eigenvalue weighted by Crippen LogP contribution is -2.42.